The molecule has 3 heterocycles. The molecule has 2 aromatic rings. The highest BCUT2D eigenvalue weighted by atomic mass is 16.3. The summed E-state index contributed by atoms with van der Waals surface area (Å²) >= 11 is 0. The molecule has 1 amide bonds. The fourth-order valence-corrected chi connectivity index (χ4v) is 3.91. The number of anilines is 2. The Bertz CT molecular complexity index is 803. The summed E-state index contributed by atoms with van der Waals surface area (Å²) in [5.41, 5.74) is 2.50. The molecule has 4 rings (SSSR count). The second-order valence-electron chi connectivity index (χ2n) is 7.48. The molecule has 0 atom stereocenters. The van der Waals surface area contributed by atoms with Crippen LogP contribution in [0.5, 0.6) is 0 Å². The van der Waals surface area contributed by atoms with Crippen LogP contribution < -0.4 is 9.80 Å². The van der Waals surface area contributed by atoms with Gasteiger partial charge in [0.1, 0.15) is 5.82 Å². The molecule has 0 spiro atoms. The van der Waals surface area contributed by atoms with E-state index < -0.39 is 0 Å². The van der Waals surface area contributed by atoms with E-state index in [1.807, 2.05) is 23.9 Å². The van der Waals surface area contributed by atoms with Crippen molar-refractivity contribution in [3.8, 4) is 0 Å². The van der Waals surface area contributed by atoms with Gasteiger partial charge in [0.15, 0.2) is 5.76 Å². The van der Waals surface area contributed by atoms with Gasteiger partial charge in [-0.1, -0.05) is 0 Å². The minimum absolute atomic E-state index is 0.0273. The lowest BCUT2D eigenvalue weighted by molar-refractivity contribution is 0.0735. The number of hydrogen-bond acceptors (Lipinski definition) is 6. The van der Waals surface area contributed by atoms with Gasteiger partial charge in [0.05, 0.1) is 12.0 Å². The molecule has 7 heteroatoms. The van der Waals surface area contributed by atoms with Gasteiger partial charge in [-0.2, -0.15) is 4.98 Å². The van der Waals surface area contributed by atoms with Crippen molar-refractivity contribution >= 4 is 17.7 Å². The molecule has 1 aliphatic carbocycles. The van der Waals surface area contributed by atoms with E-state index in [4.69, 9.17) is 14.4 Å². The largest absolute Gasteiger partial charge is 0.459 e. The molecule has 144 valence electrons. The van der Waals surface area contributed by atoms with Gasteiger partial charge in [-0.25, -0.2) is 4.98 Å². The Hall–Kier alpha value is -2.57. The van der Waals surface area contributed by atoms with Crippen molar-refractivity contribution in [1.29, 1.82) is 0 Å². The maximum atomic E-state index is 12.6. The van der Waals surface area contributed by atoms with Gasteiger partial charge >= 0.3 is 0 Å². The lowest BCUT2D eigenvalue weighted by Gasteiger charge is -2.28. The SMILES string of the molecule is CN(C)c1nc2c(c(N3CCCN(C(=O)c4ccco4)CC3)n1)CCCC2. The van der Waals surface area contributed by atoms with Crippen molar-refractivity contribution in [3.05, 3.63) is 35.4 Å². The van der Waals surface area contributed by atoms with E-state index in [2.05, 4.69) is 4.90 Å². The van der Waals surface area contributed by atoms with Crippen molar-refractivity contribution in [2.75, 3.05) is 50.1 Å². The number of furan rings is 1. The average Bonchev–Trinajstić information content (AvgIpc) is 3.11. The first-order chi connectivity index (χ1) is 13.1. The van der Waals surface area contributed by atoms with E-state index in [1.165, 1.54) is 24.1 Å². The zero-order valence-corrected chi connectivity index (χ0v) is 16.1. The van der Waals surface area contributed by atoms with Crippen LogP contribution in [-0.4, -0.2) is 61.0 Å². The summed E-state index contributed by atoms with van der Waals surface area (Å²) in [5, 5.41) is 0. The van der Waals surface area contributed by atoms with E-state index >= 15 is 0 Å². The summed E-state index contributed by atoms with van der Waals surface area (Å²) in [7, 11) is 3.97. The molecule has 7 nitrogen and oxygen atoms in total. The quantitative estimate of drug-likeness (QED) is 0.828. The highest BCUT2D eigenvalue weighted by Crippen LogP contribution is 2.30. The molecule has 27 heavy (non-hydrogen) atoms. The standard InChI is InChI=1S/C20H27N5O2/c1-23(2)20-21-16-8-4-3-7-15(16)18(22-20)24-10-6-11-25(13-12-24)19(26)17-9-5-14-27-17/h5,9,14H,3-4,6-8,10-13H2,1-2H3. The van der Waals surface area contributed by atoms with Gasteiger partial charge in [-0.3, -0.25) is 4.79 Å². The topological polar surface area (TPSA) is 65.7 Å². The van der Waals surface area contributed by atoms with Crippen LogP contribution in [-0.2, 0) is 12.8 Å². The van der Waals surface area contributed by atoms with Crippen molar-refractivity contribution in [1.82, 2.24) is 14.9 Å². The predicted octanol–water partition coefficient (Wildman–Crippen LogP) is 2.37. The molecule has 1 saturated heterocycles. The maximum Gasteiger partial charge on any atom is 0.289 e. The van der Waals surface area contributed by atoms with E-state index in [9.17, 15) is 4.79 Å². The summed E-state index contributed by atoms with van der Waals surface area (Å²) in [4.78, 5) is 28.5. The molecule has 1 fully saturated rings. The minimum atomic E-state index is -0.0273. The zero-order chi connectivity index (χ0) is 18.8. The van der Waals surface area contributed by atoms with Gasteiger partial charge in [0.25, 0.3) is 5.91 Å². The molecule has 0 bridgehead atoms. The van der Waals surface area contributed by atoms with Crippen LogP contribution in [0.2, 0.25) is 0 Å². The number of nitrogens with zero attached hydrogens (tertiary/aromatic N) is 5. The third-order valence-corrected chi connectivity index (χ3v) is 5.36. The second-order valence-corrected chi connectivity index (χ2v) is 7.48. The Morgan fingerprint density at radius 1 is 1.07 bits per heavy atom. The van der Waals surface area contributed by atoms with Crippen molar-refractivity contribution in [3.63, 3.8) is 0 Å². The monoisotopic (exact) mass is 369 g/mol. The number of fused-ring (bicyclic) bond motifs is 1. The number of aryl methyl sites for hydroxylation is 1. The first-order valence-electron chi connectivity index (χ1n) is 9.78. The van der Waals surface area contributed by atoms with Crippen LogP contribution in [0.15, 0.2) is 22.8 Å². The number of hydrogen-bond donors (Lipinski definition) is 0. The molecular weight excluding hydrogens is 342 g/mol. The highest BCUT2D eigenvalue weighted by Gasteiger charge is 2.26. The van der Waals surface area contributed by atoms with Gasteiger partial charge in [0.2, 0.25) is 5.95 Å². The van der Waals surface area contributed by atoms with E-state index in [-0.39, 0.29) is 5.91 Å². The first kappa shape index (κ1) is 17.8. The van der Waals surface area contributed by atoms with E-state index in [1.54, 1.807) is 18.4 Å². The average molecular weight is 369 g/mol. The lowest BCUT2D eigenvalue weighted by Crippen LogP contribution is -2.36. The maximum absolute atomic E-state index is 12.6. The van der Waals surface area contributed by atoms with Gasteiger partial charge in [-0.15, -0.1) is 0 Å². The number of aromatic nitrogens is 2. The number of carbonyl (C=O) groups is 1. The van der Waals surface area contributed by atoms with Crippen LogP contribution in [0.25, 0.3) is 0 Å². The summed E-state index contributed by atoms with van der Waals surface area (Å²) in [5.74, 6) is 2.23. The van der Waals surface area contributed by atoms with Crippen LogP contribution in [0, 0.1) is 0 Å². The summed E-state index contributed by atoms with van der Waals surface area (Å²) < 4.78 is 5.29. The normalized spacial score (nSPS) is 17.4. The van der Waals surface area contributed by atoms with Crippen LogP contribution in [0.4, 0.5) is 11.8 Å². The second kappa shape index (κ2) is 7.58. The Kier molecular flexibility index (Phi) is 5.01. The molecule has 0 aromatic carbocycles. The zero-order valence-electron chi connectivity index (χ0n) is 16.1. The molecule has 2 aliphatic rings. The van der Waals surface area contributed by atoms with Crippen LogP contribution in [0.1, 0.15) is 41.1 Å². The third kappa shape index (κ3) is 3.63. The minimum Gasteiger partial charge on any atom is -0.459 e. The fourth-order valence-electron chi connectivity index (χ4n) is 3.91. The van der Waals surface area contributed by atoms with Crippen LogP contribution in [0.3, 0.4) is 0 Å². The summed E-state index contributed by atoms with van der Waals surface area (Å²) in [6.07, 6.45) is 6.94. The molecule has 2 aromatic heterocycles. The lowest BCUT2D eigenvalue weighted by atomic mass is 9.96. The molecule has 0 N–H and O–H groups in total. The van der Waals surface area contributed by atoms with E-state index in [0.29, 0.717) is 12.3 Å². The van der Waals surface area contributed by atoms with E-state index in [0.717, 1.165) is 50.7 Å². The fraction of sp³-hybridized carbons (Fsp3) is 0.550. The van der Waals surface area contributed by atoms with Crippen molar-refractivity contribution in [2.24, 2.45) is 0 Å². The van der Waals surface area contributed by atoms with Crippen molar-refractivity contribution in [2.45, 2.75) is 32.1 Å². The highest BCUT2D eigenvalue weighted by molar-refractivity contribution is 5.91. The Morgan fingerprint density at radius 2 is 1.93 bits per heavy atom. The number of carbonyl (C=O) groups excluding carboxylic acids is 1. The smallest absolute Gasteiger partial charge is 0.289 e. The number of rotatable bonds is 3. The third-order valence-electron chi connectivity index (χ3n) is 5.36. The van der Waals surface area contributed by atoms with Crippen LogP contribution >= 0.6 is 0 Å². The Morgan fingerprint density at radius 3 is 2.70 bits per heavy atom. The van der Waals surface area contributed by atoms with Gasteiger partial charge in [0, 0.05) is 45.8 Å². The molecule has 1 aliphatic heterocycles. The molecular formula is C20H27N5O2. The Balaban J connectivity index is 1.57. The Labute approximate surface area is 160 Å². The molecule has 0 unspecified atom stereocenters. The predicted molar refractivity (Wildman–Crippen MR) is 104 cm³/mol. The number of amides is 1. The molecule has 0 radical (unpaired) electrons. The first-order valence-corrected chi connectivity index (χ1v) is 9.78. The van der Waals surface area contributed by atoms with Gasteiger partial charge < -0.3 is 19.1 Å². The molecule has 0 saturated carbocycles. The summed E-state index contributed by atoms with van der Waals surface area (Å²) in [6.45, 7) is 3.10. The van der Waals surface area contributed by atoms with Crippen molar-refractivity contribution < 1.29 is 9.21 Å². The summed E-state index contributed by atoms with van der Waals surface area (Å²) in [6, 6.07) is 3.49. The van der Waals surface area contributed by atoms with Gasteiger partial charge in [-0.05, 0) is 44.2 Å².